The zero-order valence-electron chi connectivity index (χ0n) is 24.5. The predicted molar refractivity (Wildman–Crippen MR) is 171 cm³/mol. The molecule has 0 unspecified atom stereocenters. The normalized spacial score (nSPS) is 14.1. The molecule has 0 heterocycles. The number of rotatable bonds is 13. The van der Waals surface area contributed by atoms with E-state index < -0.39 is 33.4 Å². The Labute approximate surface area is 265 Å². The third kappa shape index (κ3) is 8.56. The van der Waals surface area contributed by atoms with Crippen LogP contribution >= 0.6 is 15.9 Å². The average molecular weight is 688 g/mol. The summed E-state index contributed by atoms with van der Waals surface area (Å²) in [5.41, 5.74) is 1.03. The van der Waals surface area contributed by atoms with E-state index in [0.717, 1.165) is 57.9 Å². The molecule has 0 spiro atoms. The molecule has 1 atom stereocenters. The number of methoxy groups -OCH3 is 1. The van der Waals surface area contributed by atoms with Crippen LogP contribution in [0.1, 0.15) is 36.8 Å². The lowest BCUT2D eigenvalue weighted by atomic mass is 10.0. The SMILES string of the molecule is COc1ccc([N+](=O)[O-])cc1N(CC(=O)N(Cc1ccc(Br)cc1)[C@H](Cc1ccccc1)C(=O)NC1CCCC1)S(C)(=O)=O. The van der Waals surface area contributed by atoms with Crippen molar-refractivity contribution in [2.45, 2.75) is 50.7 Å². The Bertz CT molecular complexity index is 1580. The zero-order chi connectivity index (χ0) is 31.9. The maximum Gasteiger partial charge on any atom is 0.271 e. The lowest BCUT2D eigenvalue weighted by Gasteiger charge is -2.34. The zero-order valence-corrected chi connectivity index (χ0v) is 26.9. The van der Waals surface area contributed by atoms with Crippen LogP contribution in [0.3, 0.4) is 0 Å². The van der Waals surface area contributed by atoms with Crippen LogP contribution in [0.5, 0.6) is 5.75 Å². The maximum atomic E-state index is 14.3. The fraction of sp³-hybridized carbons (Fsp3) is 0.355. The summed E-state index contributed by atoms with van der Waals surface area (Å²) in [6, 6.07) is 19.1. The molecule has 11 nitrogen and oxygen atoms in total. The third-order valence-corrected chi connectivity index (χ3v) is 9.22. The van der Waals surface area contributed by atoms with Gasteiger partial charge in [0.05, 0.1) is 18.3 Å². The second-order valence-corrected chi connectivity index (χ2v) is 13.5. The Hall–Kier alpha value is -3.97. The molecule has 44 heavy (non-hydrogen) atoms. The molecule has 1 aliphatic carbocycles. The molecule has 1 N–H and O–H groups in total. The number of nitro benzene ring substituents is 1. The van der Waals surface area contributed by atoms with E-state index in [4.69, 9.17) is 4.74 Å². The minimum atomic E-state index is -4.15. The molecule has 234 valence electrons. The molecule has 3 aromatic rings. The number of halogens is 1. The smallest absolute Gasteiger partial charge is 0.271 e. The van der Waals surface area contributed by atoms with Gasteiger partial charge in [0.15, 0.2) is 0 Å². The number of carbonyl (C=O) groups excluding carboxylic acids is 2. The number of hydrogen-bond donors (Lipinski definition) is 1. The van der Waals surface area contributed by atoms with Gasteiger partial charge < -0.3 is 15.0 Å². The van der Waals surface area contributed by atoms with E-state index in [-0.39, 0.29) is 42.0 Å². The molecule has 0 saturated heterocycles. The first kappa shape index (κ1) is 32.9. The Morgan fingerprint density at radius 1 is 1.05 bits per heavy atom. The number of amides is 2. The maximum absolute atomic E-state index is 14.3. The number of carbonyl (C=O) groups is 2. The Kier molecular flexibility index (Phi) is 11.0. The molecule has 1 aliphatic rings. The number of nitro groups is 1. The monoisotopic (exact) mass is 686 g/mol. The first-order valence-corrected chi connectivity index (χ1v) is 16.8. The highest BCUT2D eigenvalue weighted by molar-refractivity contribution is 9.10. The lowest BCUT2D eigenvalue weighted by Crippen LogP contribution is -2.54. The van der Waals surface area contributed by atoms with Gasteiger partial charge in [0.2, 0.25) is 21.8 Å². The van der Waals surface area contributed by atoms with Gasteiger partial charge >= 0.3 is 0 Å². The summed E-state index contributed by atoms with van der Waals surface area (Å²) < 4.78 is 33.1. The van der Waals surface area contributed by atoms with Crippen molar-refractivity contribution in [1.82, 2.24) is 10.2 Å². The van der Waals surface area contributed by atoms with E-state index in [1.807, 2.05) is 54.6 Å². The number of nitrogens with one attached hydrogen (secondary N) is 1. The number of sulfonamides is 1. The number of nitrogens with zero attached hydrogens (tertiary/aromatic N) is 3. The van der Waals surface area contributed by atoms with Gasteiger partial charge in [-0.1, -0.05) is 71.2 Å². The molecule has 3 aromatic carbocycles. The fourth-order valence-corrected chi connectivity index (χ4v) is 6.40. The molecule has 0 radical (unpaired) electrons. The Balaban J connectivity index is 1.77. The topological polar surface area (TPSA) is 139 Å². The second-order valence-electron chi connectivity index (χ2n) is 10.7. The molecule has 1 saturated carbocycles. The van der Waals surface area contributed by atoms with Gasteiger partial charge in [-0.25, -0.2) is 8.42 Å². The molecule has 4 rings (SSSR count). The number of benzene rings is 3. The van der Waals surface area contributed by atoms with Crippen LogP contribution < -0.4 is 14.4 Å². The van der Waals surface area contributed by atoms with Crippen molar-refractivity contribution in [1.29, 1.82) is 0 Å². The highest BCUT2D eigenvalue weighted by Crippen LogP contribution is 2.34. The van der Waals surface area contributed by atoms with E-state index in [1.165, 1.54) is 24.1 Å². The molecule has 0 aromatic heterocycles. The van der Waals surface area contributed by atoms with Gasteiger partial charge in [-0.15, -0.1) is 0 Å². The highest BCUT2D eigenvalue weighted by Gasteiger charge is 2.35. The quantitative estimate of drug-likeness (QED) is 0.201. The molecule has 0 bridgehead atoms. The lowest BCUT2D eigenvalue weighted by molar-refractivity contribution is -0.384. The number of anilines is 1. The molecule has 13 heteroatoms. The van der Waals surface area contributed by atoms with Gasteiger partial charge in [-0.3, -0.25) is 24.0 Å². The van der Waals surface area contributed by atoms with Gasteiger partial charge in [0.25, 0.3) is 5.69 Å². The summed E-state index contributed by atoms with van der Waals surface area (Å²) in [6.07, 6.45) is 4.80. The van der Waals surface area contributed by atoms with Crippen molar-refractivity contribution in [3.63, 3.8) is 0 Å². The third-order valence-electron chi connectivity index (χ3n) is 7.56. The van der Waals surface area contributed by atoms with Crippen molar-refractivity contribution >= 4 is 49.1 Å². The van der Waals surface area contributed by atoms with Gasteiger partial charge in [-0.05, 0) is 42.2 Å². The van der Waals surface area contributed by atoms with E-state index in [1.54, 1.807) is 0 Å². The van der Waals surface area contributed by atoms with Crippen molar-refractivity contribution in [3.8, 4) is 5.75 Å². The summed E-state index contributed by atoms with van der Waals surface area (Å²) in [6.45, 7) is -0.694. The minimum Gasteiger partial charge on any atom is -0.495 e. The van der Waals surface area contributed by atoms with Crippen molar-refractivity contribution in [2.24, 2.45) is 0 Å². The molecule has 1 fully saturated rings. The fourth-order valence-electron chi connectivity index (χ4n) is 5.29. The first-order chi connectivity index (χ1) is 21.0. The minimum absolute atomic E-state index is 0.00736. The standard InChI is InChI=1S/C31H35BrN4O7S/c1-43-29-17-16-26(36(39)40)19-27(29)35(44(2,41)42)21-30(37)34(20-23-12-14-24(32)15-13-23)28(18-22-8-4-3-5-9-22)31(38)33-25-10-6-7-11-25/h3-5,8-9,12-17,19,25,28H,6-7,10-11,18,20-21H2,1-2H3,(H,33,38)/t28-/m1/s1. The molecule has 2 amide bonds. The summed E-state index contributed by atoms with van der Waals surface area (Å²) in [5.74, 6) is -0.951. The van der Waals surface area contributed by atoms with Crippen LogP contribution in [0.4, 0.5) is 11.4 Å². The van der Waals surface area contributed by atoms with Gasteiger partial charge in [-0.2, -0.15) is 0 Å². The second kappa shape index (κ2) is 14.7. The first-order valence-electron chi connectivity index (χ1n) is 14.1. The van der Waals surface area contributed by atoms with Crippen molar-refractivity contribution < 1.29 is 27.7 Å². The number of non-ortho nitro benzene ring substituents is 1. The molecular formula is C31H35BrN4O7S. The van der Waals surface area contributed by atoms with Crippen LogP contribution in [0.25, 0.3) is 0 Å². The van der Waals surface area contributed by atoms with E-state index >= 15 is 0 Å². The van der Waals surface area contributed by atoms with Gasteiger partial charge in [0.1, 0.15) is 24.0 Å². The number of ether oxygens (including phenoxy) is 1. The van der Waals surface area contributed by atoms with E-state index in [2.05, 4.69) is 21.2 Å². The largest absolute Gasteiger partial charge is 0.495 e. The van der Waals surface area contributed by atoms with E-state index in [0.29, 0.717) is 0 Å². The van der Waals surface area contributed by atoms with Crippen LogP contribution in [0.2, 0.25) is 0 Å². The van der Waals surface area contributed by atoms with Crippen LogP contribution in [-0.2, 0) is 32.6 Å². The van der Waals surface area contributed by atoms with Crippen molar-refractivity contribution in [2.75, 3.05) is 24.2 Å². The summed E-state index contributed by atoms with van der Waals surface area (Å²) in [4.78, 5) is 40.5. The molecular weight excluding hydrogens is 652 g/mol. The summed E-state index contributed by atoms with van der Waals surface area (Å²) in [5, 5.41) is 14.7. The average Bonchev–Trinajstić information content (AvgIpc) is 3.51. The Morgan fingerprint density at radius 2 is 1.70 bits per heavy atom. The Morgan fingerprint density at radius 3 is 2.30 bits per heavy atom. The summed E-state index contributed by atoms with van der Waals surface area (Å²) >= 11 is 3.42. The molecule has 0 aliphatic heterocycles. The van der Waals surface area contributed by atoms with Crippen LogP contribution in [0, 0.1) is 10.1 Å². The van der Waals surface area contributed by atoms with Gasteiger partial charge in [0, 0.05) is 35.6 Å². The highest BCUT2D eigenvalue weighted by atomic mass is 79.9. The van der Waals surface area contributed by atoms with Crippen LogP contribution in [0.15, 0.2) is 77.3 Å². The number of hydrogen-bond acceptors (Lipinski definition) is 7. The van der Waals surface area contributed by atoms with E-state index in [9.17, 15) is 28.1 Å². The van der Waals surface area contributed by atoms with Crippen LogP contribution in [-0.4, -0.2) is 62.0 Å². The predicted octanol–water partition coefficient (Wildman–Crippen LogP) is 4.83. The van der Waals surface area contributed by atoms with Crippen molar-refractivity contribution in [3.05, 3.63) is 98.5 Å². The summed E-state index contributed by atoms with van der Waals surface area (Å²) in [7, 11) is -2.85.